The molecule has 1 aromatic carbocycles. The summed E-state index contributed by atoms with van der Waals surface area (Å²) in [5.41, 5.74) is 1.07. The summed E-state index contributed by atoms with van der Waals surface area (Å²) in [6.45, 7) is 0.194. The third-order valence-electron chi connectivity index (χ3n) is 2.84. The number of carbonyl (C=O) groups excluding carboxylic acids is 1. The molecular formula is C14H12N2O2S2. The van der Waals surface area contributed by atoms with E-state index in [1.165, 1.54) is 16.0 Å². The van der Waals surface area contributed by atoms with Crippen LogP contribution in [0.25, 0.3) is 20.7 Å². The lowest BCUT2D eigenvalue weighted by Gasteiger charge is -1.98. The predicted molar refractivity (Wildman–Crippen MR) is 82.4 cm³/mol. The lowest BCUT2D eigenvalue weighted by atomic mass is 10.2. The molecule has 0 saturated heterocycles. The van der Waals surface area contributed by atoms with Crippen molar-refractivity contribution in [2.24, 2.45) is 0 Å². The number of amides is 1. The van der Waals surface area contributed by atoms with E-state index >= 15 is 0 Å². The molecule has 4 nitrogen and oxygen atoms in total. The Bertz CT molecular complexity index is 748. The molecule has 1 amide bonds. The number of aromatic nitrogens is 1. The van der Waals surface area contributed by atoms with E-state index in [2.05, 4.69) is 27.8 Å². The second-order valence-electron chi connectivity index (χ2n) is 4.15. The molecule has 6 heteroatoms. The van der Waals surface area contributed by atoms with Gasteiger partial charge in [0, 0.05) is 27.6 Å². The number of aliphatic hydroxyl groups excluding tert-OH is 1. The summed E-state index contributed by atoms with van der Waals surface area (Å²) in [5, 5.41) is 15.4. The molecule has 0 unspecified atom stereocenters. The van der Waals surface area contributed by atoms with Gasteiger partial charge in [0.05, 0.1) is 12.8 Å². The second-order valence-corrected chi connectivity index (χ2v) is 6.10. The summed E-state index contributed by atoms with van der Waals surface area (Å²) in [4.78, 5) is 16.7. The van der Waals surface area contributed by atoms with E-state index in [1.54, 1.807) is 17.5 Å². The van der Waals surface area contributed by atoms with Crippen LogP contribution in [0.1, 0.15) is 9.67 Å². The molecule has 0 atom stereocenters. The van der Waals surface area contributed by atoms with E-state index in [9.17, 15) is 4.79 Å². The van der Waals surface area contributed by atoms with Gasteiger partial charge in [0.25, 0.3) is 5.91 Å². The summed E-state index contributed by atoms with van der Waals surface area (Å²) < 4.78 is 1.21. The Morgan fingerprint density at radius 1 is 1.35 bits per heavy atom. The maximum absolute atomic E-state index is 11.8. The molecular weight excluding hydrogens is 292 g/mol. The smallest absolute Gasteiger partial charge is 0.263 e. The van der Waals surface area contributed by atoms with Crippen LogP contribution in [0, 0.1) is 0 Å². The summed E-state index contributed by atoms with van der Waals surface area (Å²) in [6.07, 6.45) is 1.58. The van der Waals surface area contributed by atoms with Crippen molar-refractivity contribution in [3.8, 4) is 10.6 Å². The van der Waals surface area contributed by atoms with E-state index in [-0.39, 0.29) is 19.1 Å². The van der Waals surface area contributed by atoms with Gasteiger partial charge in [0.1, 0.15) is 9.88 Å². The first-order chi connectivity index (χ1) is 9.79. The van der Waals surface area contributed by atoms with E-state index in [0.717, 1.165) is 16.0 Å². The number of benzene rings is 1. The number of thiazole rings is 1. The number of hydrogen-bond donors (Lipinski definition) is 2. The topological polar surface area (TPSA) is 62.2 Å². The van der Waals surface area contributed by atoms with E-state index in [1.807, 2.05) is 12.1 Å². The SMILES string of the molecule is O=C(NCCO)c1cnc(-c2csc3ccccc23)s1. The average Bonchev–Trinajstić information content (AvgIpc) is 3.10. The Hall–Kier alpha value is -1.76. The minimum atomic E-state index is -0.192. The van der Waals surface area contributed by atoms with Crippen LogP contribution >= 0.6 is 22.7 Å². The van der Waals surface area contributed by atoms with Crippen LogP contribution in [-0.2, 0) is 0 Å². The standard InChI is InChI=1S/C14H12N2O2S2/c17-6-5-15-13(18)12-7-16-14(20-12)10-8-19-11-4-2-1-3-9(10)11/h1-4,7-8,17H,5-6H2,(H,15,18). The third-order valence-corrected chi connectivity index (χ3v) is 4.83. The van der Waals surface area contributed by atoms with Gasteiger partial charge in [-0.1, -0.05) is 18.2 Å². The minimum Gasteiger partial charge on any atom is -0.395 e. The first kappa shape index (κ1) is 13.2. The summed E-state index contributed by atoms with van der Waals surface area (Å²) in [6, 6.07) is 8.15. The fourth-order valence-electron chi connectivity index (χ4n) is 1.90. The first-order valence-electron chi connectivity index (χ1n) is 6.11. The van der Waals surface area contributed by atoms with Crippen molar-refractivity contribution in [3.63, 3.8) is 0 Å². The number of hydrogen-bond acceptors (Lipinski definition) is 5. The summed E-state index contributed by atoms with van der Waals surface area (Å²) >= 11 is 3.04. The van der Waals surface area contributed by atoms with E-state index < -0.39 is 0 Å². The maximum atomic E-state index is 11.8. The molecule has 2 aromatic heterocycles. The van der Waals surface area contributed by atoms with E-state index in [4.69, 9.17) is 5.11 Å². The molecule has 0 radical (unpaired) electrons. The van der Waals surface area contributed by atoms with Gasteiger partial charge in [-0.2, -0.15) is 0 Å². The molecule has 0 aliphatic rings. The highest BCUT2D eigenvalue weighted by molar-refractivity contribution is 7.19. The molecule has 3 rings (SSSR count). The van der Waals surface area contributed by atoms with Gasteiger partial charge in [0.15, 0.2) is 0 Å². The molecule has 0 aliphatic carbocycles. The van der Waals surface area contributed by atoms with Gasteiger partial charge in [-0.3, -0.25) is 4.79 Å². The molecule has 102 valence electrons. The number of thiophene rings is 1. The number of nitrogens with zero attached hydrogens (tertiary/aromatic N) is 1. The van der Waals surface area contributed by atoms with Gasteiger partial charge >= 0.3 is 0 Å². The largest absolute Gasteiger partial charge is 0.395 e. The Balaban J connectivity index is 1.92. The van der Waals surface area contributed by atoms with Crippen molar-refractivity contribution in [1.29, 1.82) is 0 Å². The number of aliphatic hydroxyl groups is 1. The lowest BCUT2D eigenvalue weighted by Crippen LogP contribution is -2.25. The minimum absolute atomic E-state index is 0.0629. The summed E-state index contributed by atoms with van der Waals surface area (Å²) in [5.74, 6) is -0.192. The zero-order valence-electron chi connectivity index (χ0n) is 10.5. The van der Waals surface area contributed by atoms with Crippen LogP contribution in [0.3, 0.4) is 0 Å². The molecule has 2 heterocycles. The van der Waals surface area contributed by atoms with Gasteiger partial charge in [-0.15, -0.1) is 22.7 Å². The zero-order valence-corrected chi connectivity index (χ0v) is 12.1. The van der Waals surface area contributed by atoms with Crippen LogP contribution in [0.2, 0.25) is 0 Å². The molecule has 0 fully saturated rings. The lowest BCUT2D eigenvalue weighted by molar-refractivity contribution is 0.0948. The van der Waals surface area contributed by atoms with Crippen molar-refractivity contribution in [2.75, 3.05) is 13.2 Å². The average molecular weight is 304 g/mol. The van der Waals surface area contributed by atoms with Gasteiger partial charge in [0.2, 0.25) is 0 Å². The third kappa shape index (κ3) is 2.45. The number of nitrogens with one attached hydrogen (secondary N) is 1. The Morgan fingerprint density at radius 3 is 3.05 bits per heavy atom. The fourth-order valence-corrected chi connectivity index (χ4v) is 3.79. The monoisotopic (exact) mass is 304 g/mol. The number of rotatable bonds is 4. The van der Waals surface area contributed by atoms with Crippen LogP contribution < -0.4 is 5.32 Å². The van der Waals surface area contributed by atoms with Crippen LogP contribution in [-0.4, -0.2) is 29.1 Å². The predicted octanol–water partition coefficient (Wildman–Crippen LogP) is 2.75. The molecule has 0 bridgehead atoms. The first-order valence-corrected chi connectivity index (χ1v) is 7.80. The number of carbonyl (C=O) groups is 1. The van der Waals surface area contributed by atoms with Crippen molar-refractivity contribution < 1.29 is 9.90 Å². The molecule has 2 N–H and O–H groups in total. The van der Waals surface area contributed by atoms with Crippen LogP contribution in [0.5, 0.6) is 0 Å². The zero-order chi connectivity index (χ0) is 13.9. The normalized spacial score (nSPS) is 10.8. The van der Waals surface area contributed by atoms with Crippen LogP contribution in [0.15, 0.2) is 35.8 Å². The van der Waals surface area contributed by atoms with E-state index in [0.29, 0.717) is 4.88 Å². The van der Waals surface area contributed by atoms with Crippen molar-refractivity contribution in [3.05, 3.63) is 40.7 Å². The highest BCUT2D eigenvalue weighted by Gasteiger charge is 2.13. The van der Waals surface area contributed by atoms with Crippen molar-refractivity contribution in [2.45, 2.75) is 0 Å². The Kier molecular flexibility index (Phi) is 3.77. The van der Waals surface area contributed by atoms with Crippen molar-refractivity contribution in [1.82, 2.24) is 10.3 Å². The molecule has 0 spiro atoms. The Morgan fingerprint density at radius 2 is 2.20 bits per heavy atom. The van der Waals surface area contributed by atoms with Gasteiger partial charge < -0.3 is 10.4 Å². The van der Waals surface area contributed by atoms with Gasteiger partial charge in [-0.25, -0.2) is 4.98 Å². The highest BCUT2D eigenvalue weighted by atomic mass is 32.1. The second kappa shape index (κ2) is 5.70. The number of fused-ring (bicyclic) bond motifs is 1. The fraction of sp³-hybridized carbons (Fsp3) is 0.143. The molecule has 20 heavy (non-hydrogen) atoms. The molecule has 3 aromatic rings. The Labute approximate surface area is 123 Å². The molecule has 0 aliphatic heterocycles. The van der Waals surface area contributed by atoms with Crippen molar-refractivity contribution >= 4 is 38.7 Å². The maximum Gasteiger partial charge on any atom is 0.263 e. The highest BCUT2D eigenvalue weighted by Crippen LogP contribution is 2.35. The summed E-state index contributed by atoms with van der Waals surface area (Å²) in [7, 11) is 0. The quantitative estimate of drug-likeness (QED) is 0.779. The van der Waals surface area contributed by atoms with Gasteiger partial charge in [-0.05, 0) is 6.07 Å². The molecule has 0 saturated carbocycles. The van der Waals surface area contributed by atoms with Crippen LogP contribution in [0.4, 0.5) is 0 Å².